The summed E-state index contributed by atoms with van der Waals surface area (Å²) in [7, 11) is 0. The largest absolute Gasteiger partial charge is 0.328 e. The number of piperidine rings is 2. The van der Waals surface area contributed by atoms with Crippen molar-refractivity contribution in [3.8, 4) is 0 Å². The minimum Gasteiger partial charge on any atom is -0.328 e. The maximum atomic E-state index is 6.12. The Morgan fingerprint density at radius 1 is 1.18 bits per heavy atom. The monoisotopic (exact) mass is 235 g/mol. The molecule has 2 unspecified atom stereocenters. The molecule has 0 aromatic carbocycles. The lowest BCUT2D eigenvalue weighted by Crippen LogP contribution is -2.55. The van der Waals surface area contributed by atoms with Gasteiger partial charge in [0.1, 0.15) is 0 Å². The number of nitrogens with two attached hydrogens (primary N) is 1. The fourth-order valence-electron chi connectivity index (χ4n) is 3.46. The molecule has 94 valence electrons. The van der Waals surface area contributed by atoms with Gasteiger partial charge in [0, 0.05) is 30.9 Å². The summed E-state index contributed by atoms with van der Waals surface area (Å²) in [6, 6.07) is 1.84. The molecule has 0 amide bonds. The van der Waals surface area contributed by atoms with Gasteiger partial charge >= 0.3 is 0 Å². The van der Waals surface area contributed by atoms with Crippen LogP contribution in [0.5, 0.6) is 0 Å². The molecule has 2 N–H and O–H groups in total. The molecular weight excluding hydrogens is 214 g/mol. The van der Waals surface area contributed by atoms with Crippen molar-refractivity contribution < 1.29 is 0 Å². The van der Waals surface area contributed by atoms with E-state index in [1.807, 2.05) is 10.9 Å². The molecule has 0 saturated carbocycles. The van der Waals surface area contributed by atoms with Gasteiger partial charge in [-0.2, -0.15) is 0 Å². The predicted molar refractivity (Wildman–Crippen MR) is 65.4 cm³/mol. The summed E-state index contributed by atoms with van der Waals surface area (Å²) >= 11 is 0. The van der Waals surface area contributed by atoms with Crippen LogP contribution in [0, 0.1) is 0 Å². The Labute approximate surface area is 102 Å². The number of fused-ring (bicyclic) bond motifs is 2. The van der Waals surface area contributed by atoms with Crippen molar-refractivity contribution in [1.82, 2.24) is 19.9 Å². The Kier molecular flexibility index (Phi) is 3.11. The minimum absolute atomic E-state index is 0.424. The molecule has 3 heterocycles. The number of rotatable bonds is 3. The first-order chi connectivity index (χ1) is 8.33. The van der Waals surface area contributed by atoms with Crippen LogP contribution in [0.2, 0.25) is 0 Å². The van der Waals surface area contributed by atoms with Gasteiger partial charge in [-0.05, 0) is 25.7 Å². The maximum Gasteiger partial charge on any atom is 0.0692 e. The second-order valence-electron chi connectivity index (χ2n) is 5.37. The van der Waals surface area contributed by atoms with Gasteiger partial charge in [-0.25, -0.2) is 0 Å². The van der Waals surface area contributed by atoms with Crippen LogP contribution < -0.4 is 5.73 Å². The average molecular weight is 235 g/mol. The molecule has 2 atom stereocenters. The Bertz CT molecular complexity index is 336. The zero-order valence-electron chi connectivity index (χ0n) is 10.2. The molecule has 2 fully saturated rings. The van der Waals surface area contributed by atoms with Crippen molar-refractivity contribution in [1.29, 1.82) is 0 Å². The van der Waals surface area contributed by atoms with E-state index in [1.54, 1.807) is 6.20 Å². The first-order valence-corrected chi connectivity index (χ1v) is 6.68. The molecule has 17 heavy (non-hydrogen) atoms. The van der Waals surface area contributed by atoms with Crippen molar-refractivity contribution in [3.63, 3.8) is 0 Å². The SMILES string of the molecule is NC1CC2CCCC(C1)N2CCn1ccnn1. The molecule has 2 aliphatic rings. The topological polar surface area (TPSA) is 60.0 Å². The Morgan fingerprint density at radius 2 is 1.94 bits per heavy atom. The van der Waals surface area contributed by atoms with Crippen LogP contribution in [0.4, 0.5) is 0 Å². The maximum absolute atomic E-state index is 6.12. The van der Waals surface area contributed by atoms with Crippen molar-refractivity contribution in [2.24, 2.45) is 5.73 Å². The summed E-state index contributed by atoms with van der Waals surface area (Å²) in [6.45, 7) is 2.04. The van der Waals surface area contributed by atoms with Crippen molar-refractivity contribution >= 4 is 0 Å². The van der Waals surface area contributed by atoms with Crippen LogP contribution in [0.15, 0.2) is 12.4 Å². The normalized spacial score (nSPS) is 33.8. The highest BCUT2D eigenvalue weighted by atomic mass is 15.4. The summed E-state index contributed by atoms with van der Waals surface area (Å²) in [5, 5.41) is 7.87. The number of hydrogen-bond acceptors (Lipinski definition) is 4. The second kappa shape index (κ2) is 4.74. The van der Waals surface area contributed by atoms with E-state index in [1.165, 1.54) is 32.1 Å². The van der Waals surface area contributed by atoms with Gasteiger partial charge in [0.05, 0.1) is 12.7 Å². The zero-order valence-corrected chi connectivity index (χ0v) is 10.2. The highest BCUT2D eigenvalue weighted by Crippen LogP contribution is 2.33. The van der Waals surface area contributed by atoms with E-state index in [-0.39, 0.29) is 0 Å². The van der Waals surface area contributed by atoms with Crippen LogP contribution in [-0.4, -0.2) is 44.6 Å². The average Bonchev–Trinajstić information content (AvgIpc) is 2.79. The van der Waals surface area contributed by atoms with Crippen molar-refractivity contribution in [3.05, 3.63) is 12.4 Å². The summed E-state index contributed by atoms with van der Waals surface area (Å²) in [6.07, 6.45) is 10.0. The molecule has 0 spiro atoms. The first-order valence-electron chi connectivity index (χ1n) is 6.68. The van der Waals surface area contributed by atoms with E-state index < -0.39 is 0 Å². The third-order valence-corrected chi connectivity index (χ3v) is 4.22. The summed E-state index contributed by atoms with van der Waals surface area (Å²) < 4.78 is 1.92. The third-order valence-electron chi connectivity index (χ3n) is 4.22. The van der Waals surface area contributed by atoms with Gasteiger partial charge < -0.3 is 5.73 Å². The highest BCUT2D eigenvalue weighted by Gasteiger charge is 2.36. The summed E-state index contributed by atoms with van der Waals surface area (Å²) in [5.74, 6) is 0. The van der Waals surface area contributed by atoms with E-state index in [0.717, 1.165) is 13.1 Å². The fourth-order valence-corrected chi connectivity index (χ4v) is 3.46. The summed E-state index contributed by atoms with van der Waals surface area (Å²) in [5.41, 5.74) is 6.12. The first kappa shape index (κ1) is 11.2. The number of hydrogen-bond donors (Lipinski definition) is 1. The molecule has 2 aliphatic heterocycles. The zero-order chi connectivity index (χ0) is 11.7. The fraction of sp³-hybridized carbons (Fsp3) is 0.833. The van der Waals surface area contributed by atoms with Crippen molar-refractivity contribution in [2.45, 2.75) is 56.8 Å². The van der Waals surface area contributed by atoms with Crippen LogP contribution in [0.1, 0.15) is 32.1 Å². The molecule has 5 nitrogen and oxygen atoms in total. The lowest BCUT2D eigenvalue weighted by Gasteiger charge is -2.48. The molecule has 5 heteroatoms. The quantitative estimate of drug-likeness (QED) is 0.834. The summed E-state index contributed by atoms with van der Waals surface area (Å²) in [4.78, 5) is 2.66. The van der Waals surface area contributed by atoms with Gasteiger partial charge in [0.15, 0.2) is 0 Å². The molecule has 0 radical (unpaired) electrons. The Morgan fingerprint density at radius 3 is 2.59 bits per heavy atom. The molecule has 3 rings (SSSR count). The molecular formula is C12H21N5. The van der Waals surface area contributed by atoms with Gasteiger partial charge in [-0.1, -0.05) is 11.6 Å². The lowest BCUT2D eigenvalue weighted by molar-refractivity contribution is 0.0280. The van der Waals surface area contributed by atoms with Crippen molar-refractivity contribution in [2.75, 3.05) is 6.54 Å². The van der Waals surface area contributed by atoms with E-state index in [9.17, 15) is 0 Å². The Balaban J connectivity index is 1.62. The van der Waals surface area contributed by atoms with Crippen LogP contribution in [-0.2, 0) is 6.54 Å². The number of aromatic nitrogens is 3. The van der Waals surface area contributed by atoms with Gasteiger partial charge in [0.2, 0.25) is 0 Å². The lowest BCUT2D eigenvalue weighted by atomic mass is 9.82. The van der Waals surface area contributed by atoms with Crippen LogP contribution in [0.25, 0.3) is 0 Å². The van der Waals surface area contributed by atoms with Gasteiger partial charge in [0.25, 0.3) is 0 Å². The molecule has 1 aromatic heterocycles. The predicted octanol–water partition coefficient (Wildman–Crippen LogP) is 0.622. The molecule has 2 bridgehead atoms. The van der Waals surface area contributed by atoms with Crippen LogP contribution >= 0.6 is 0 Å². The highest BCUT2D eigenvalue weighted by molar-refractivity contribution is 4.93. The van der Waals surface area contributed by atoms with Gasteiger partial charge in [-0.15, -0.1) is 5.10 Å². The van der Waals surface area contributed by atoms with Gasteiger partial charge in [-0.3, -0.25) is 9.58 Å². The van der Waals surface area contributed by atoms with E-state index >= 15 is 0 Å². The van der Waals surface area contributed by atoms with Crippen LogP contribution in [0.3, 0.4) is 0 Å². The molecule has 1 aromatic rings. The minimum atomic E-state index is 0.424. The Hall–Kier alpha value is -0.940. The standard InChI is InChI=1S/C12H21N5/c13-10-8-11-2-1-3-12(9-10)17(11)7-6-16-5-4-14-15-16/h4-5,10-12H,1-3,6-9,13H2. The van der Waals surface area contributed by atoms with E-state index in [2.05, 4.69) is 15.2 Å². The smallest absolute Gasteiger partial charge is 0.0692 e. The number of nitrogens with zero attached hydrogens (tertiary/aromatic N) is 4. The molecule has 0 aliphatic carbocycles. The van der Waals surface area contributed by atoms with E-state index in [0.29, 0.717) is 18.1 Å². The third kappa shape index (κ3) is 2.35. The molecule has 2 saturated heterocycles. The second-order valence-corrected chi connectivity index (χ2v) is 5.37. The van der Waals surface area contributed by atoms with E-state index in [4.69, 9.17) is 5.73 Å².